The van der Waals surface area contributed by atoms with Crippen molar-refractivity contribution in [2.45, 2.75) is 38.9 Å². The topological polar surface area (TPSA) is 25.4 Å². The van der Waals surface area contributed by atoms with E-state index in [0.717, 1.165) is 17.4 Å². The summed E-state index contributed by atoms with van der Waals surface area (Å²) in [6, 6.07) is 1.77. The van der Waals surface area contributed by atoms with E-state index in [4.69, 9.17) is 4.74 Å². The van der Waals surface area contributed by atoms with E-state index in [-0.39, 0.29) is 11.7 Å². The molecule has 18 heavy (non-hydrogen) atoms. The molecular formula is C13H18BrFN2O. The van der Waals surface area contributed by atoms with E-state index in [1.807, 2.05) is 25.7 Å². The van der Waals surface area contributed by atoms with Crippen LogP contribution < -0.4 is 4.90 Å². The first kappa shape index (κ1) is 13.7. The van der Waals surface area contributed by atoms with Gasteiger partial charge in [-0.15, -0.1) is 0 Å². The van der Waals surface area contributed by atoms with Crippen molar-refractivity contribution in [1.29, 1.82) is 0 Å². The van der Waals surface area contributed by atoms with Gasteiger partial charge in [0.2, 0.25) is 5.95 Å². The molecule has 0 N–H and O–H groups in total. The molecule has 1 fully saturated rings. The highest BCUT2D eigenvalue weighted by atomic mass is 79.9. The lowest BCUT2D eigenvalue weighted by Gasteiger charge is -2.25. The molecule has 3 nitrogen and oxygen atoms in total. The lowest BCUT2D eigenvalue weighted by molar-refractivity contribution is -0.0492. The fourth-order valence-electron chi connectivity index (χ4n) is 2.18. The SMILES string of the molecule is CC(C)(C)O[C@H]1CCN(c2cc(Br)cnc2F)C1. The van der Waals surface area contributed by atoms with Crippen LogP contribution in [-0.4, -0.2) is 29.8 Å². The smallest absolute Gasteiger partial charge is 0.236 e. The van der Waals surface area contributed by atoms with Crippen LogP contribution in [0.4, 0.5) is 10.1 Å². The Balaban J connectivity index is 2.06. The first-order valence-corrected chi connectivity index (χ1v) is 6.88. The molecule has 5 heteroatoms. The van der Waals surface area contributed by atoms with Crippen LogP contribution in [0.2, 0.25) is 0 Å². The Morgan fingerprint density at radius 1 is 1.50 bits per heavy atom. The van der Waals surface area contributed by atoms with Crippen molar-refractivity contribution >= 4 is 21.6 Å². The summed E-state index contributed by atoms with van der Waals surface area (Å²) in [5.74, 6) is -0.422. The lowest BCUT2D eigenvalue weighted by Crippen LogP contribution is -2.30. The summed E-state index contributed by atoms with van der Waals surface area (Å²) in [6.07, 6.45) is 2.55. The standard InChI is InChI=1S/C13H18BrFN2O/c1-13(2,3)18-10-4-5-17(8-10)11-6-9(14)7-16-12(11)15/h6-7,10H,4-5,8H2,1-3H3/t10-/m0/s1. The average molecular weight is 317 g/mol. The minimum atomic E-state index is -0.422. The molecule has 100 valence electrons. The van der Waals surface area contributed by atoms with Crippen molar-refractivity contribution < 1.29 is 9.13 Å². The number of anilines is 1. The first-order valence-electron chi connectivity index (χ1n) is 6.09. The second kappa shape index (κ2) is 5.13. The summed E-state index contributed by atoms with van der Waals surface area (Å²) in [6.45, 7) is 7.63. The number of aromatic nitrogens is 1. The largest absolute Gasteiger partial charge is 0.371 e. The maximum atomic E-state index is 13.7. The van der Waals surface area contributed by atoms with Gasteiger partial charge < -0.3 is 9.64 Å². The predicted molar refractivity (Wildman–Crippen MR) is 73.4 cm³/mol. The van der Waals surface area contributed by atoms with Gasteiger partial charge in [-0.05, 0) is 49.2 Å². The molecule has 0 aromatic carbocycles. The van der Waals surface area contributed by atoms with Gasteiger partial charge in [-0.2, -0.15) is 4.39 Å². The highest BCUT2D eigenvalue weighted by Gasteiger charge is 2.28. The summed E-state index contributed by atoms with van der Waals surface area (Å²) >= 11 is 3.32. The van der Waals surface area contributed by atoms with Crippen molar-refractivity contribution in [3.8, 4) is 0 Å². The van der Waals surface area contributed by atoms with Crippen LogP contribution in [0.15, 0.2) is 16.7 Å². The Bertz CT molecular complexity index is 433. The summed E-state index contributed by atoms with van der Waals surface area (Å²) < 4.78 is 20.4. The second-order valence-corrected chi connectivity index (χ2v) is 6.47. The predicted octanol–water partition coefficient (Wildman–Crippen LogP) is 3.38. The first-order chi connectivity index (χ1) is 8.35. The number of halogens is 2. The summed E-state index contributed by atoms with van der Waals surface area (Å²) in [7, 11) is 0. The third-order valence-electron chi connectivity index (χ3n) is 2.79. The van der Waals surface area contributed by atoms with Gasteiger partial charge in [0.15, 0.2) is 0 Å². The lowest BCUT2D eigenvalue weighted by atomic mass is 10.2. The summed E-state index contributed by atoms with van der Waals surface area (Å²) in [4.78, 5) is 5.72. The zero-order valence-electron chi connectivity index (χ0n) is 10.9. The second-order valence-electron chi connectivity index (χ2n) is 5.55. The van der Waals surface area contributed by atoms with Crippen LogP contribution in [0, 0.1) is 5.95 Å². The van der Waals surface area contributed by atoms with E-state index in [2.05, 4.69) is 20.9 Å². The van der Waals surface area contributed by atoms with E-state index in [1.54, 1.807) is 6.07 Å². The maximum Gasteiger partial charge on any atom is 0.236 e. The molecule has 0 aliphatic carbocycles. The van der Waals surface area contributed by atoms with E-state index >= 15 is 0 Å². The van der Waals surface area contributed by atoms with Crippen molar-refractivity contribution in [1.82, 2.24) is 4.98 Å². The third kappa shape index (κ3) is 3.42. The molecule has 2 heterocycles. The molecule has 0 unspecified atom stereocenters. The molecule has 2 rings (SSSR count). The van der Waals surface area contributed by atoms with Crippen LogP contribution >= 0.6 is 15.9 Å². The Hall–Kier alpha value is -0.680. The Labute approximate surface area is 115 Å². The van der Waals surface area contributed by atoms with E-state index < -0.39 is 5.95 Å². The molecule has 1 aromatic heterocycles. The van der Waals surface area contributed by atoms with Gasteiger partial charge in [-0.3, -0.25) is 0 Å². The van der Waals surface area contributed by atoms with Crippen LogP contribution in [0.1, 0.15) is 27.2 Å². The molecular weight excluding hydrogens is 299 g/mol. The van der Waals surface area contributed by atoms with E-state index in [0.29, 0.717) is 12.2 Å². The van der Waals surface area contributed by atoms with Gasteiger partial charge >= 0.3 is 0 Å². The molecule has 0 radical (unpaired) electrons. The number of hydrogen-bond acceptors (Lipinski definition) is 3. The van der Waals surface area contributed by atoms with E-state index in [1.165, 1.54) is 6.20 Å². The van der Waals surface area contributed by atoms with Gasteiger partial charge in [0.1, 0.15) is 0 Å². The maximum absolute atomic E-state index is 13.7. The molecule has 1 atom stereocenters. The van der Waals surface area contributed by atoms with Crippen molar-refractivity contribution in [3.63, 3.8) is 0 Å². The summed E-state index contributed by atoms with van der Waals surface area (Å²) in [5, 5.41) is 0. The number of pyridine rings is 1. The van der Waals surface area contributed by atoms with Crippen LogP contribution in [0.5, 0.6) is 0 Å². The molecule has 0 bridgehead atoms. The zero-order valence-corrected chi connectivity index (χ0v) is 12.5. The molecule has 0 spiro atoms. The number of nitrogens with zero attached hydrogens (tertiary/aromatic N) is 2. The fourth-order valence-corrected chi connectivity index (χ4v) is 2.50. The quantitative estimate of drug-likeness (QED) is 0.782. The van der Waals surface area contributed by atoms with Crippen LogP contribution in [0.3, 0.4) is 0 Å². The number of hydrogen-bond donors (Lipinski definition) is 0. The normalized spacial score (nSPS) is 20.5. The number of rotatable bonds is 2. The van der Waals surface area contributed by atoms with Gasteiger partial charge in [0.05, 0.1) is 17.4 Å². The third-order valence-corrected chi connectivity index (χ3v) is 3.23. The van der Waals surface area contributed by atoms with Crippen LogP contribution in [-0.2, 0) is 4.74 Å². The zero-order chi connectivity index (χ0) is 13.3. The highest BCUT2D eigenvalue weighted by Crippen LogP contribution is 2.27. The van der Waals surface area contributed by atoms with Gasteiger partial charge in [-0.25, -0.2) is 4.98 Å². The molecule has 0 amide bonds. The average Bonchev–Trinajstić information content (AvgIpc) is 2.67. The Kier molecular flexibility index (Phi) is 3.92. The molecule has 0 saturated carbocycles. The highest BCUT2D eigenvalue weighted by molar-refractivity contribution is 9.10. The molecule has 1 aliphatic rings. The molecule has 1 saturated heterocycles. The van der Waals surface area contributed by atoms with Gasteiger partial charge in [0.25, 0.3) is 0 Å². The van der Waals surface area contributed by atoms with Gasteiger partial charge in [-0.1, -0.05) is 0 Å². The molecule has 1 aliphatic heterocycles. The molecule has 1 aromatic rings. The van der Waals surface area contributed by atoms with E-state index in [9.17, 15) is 4.39 Å². The Morgan fingerprint density at radius 2 is 2.22 bits per heavy atom. The summed E-state index contributed by atoms with van der Waals surface area (Å²) in [5.41, 5.74) is 0.388. The number of ether oxygens (including phenoxy) is 1. The van der Waals surface area contributed by atoms with Crippen molar-refractivity contribution in [3.05, 3.63) is 22.7 Å². The van der Waals surface area contributed by atoms with Gasteiger partial charge in [0, 0.05) is 23.8 Å². The fraction of sp³-hybridized carbons (Fsp3) is 0.615. The van der Waals surface area contributed by atoms with Crippen molar-refractivity contribution in [2.75, 3.05) is 18.0 Å². The minimum absolute atomic E-state index is 0.156. The minimum Gasteiger partial charge on any atom is -0.371 e. The van der Waals surface area contributed by atoms with Crippen molar-refractivity contribution in [2.24, 2.45) is 0 Å². The Morgan fingerprint density at radius 3 is 2.89 bits per heavy atom. The monoisotopic (exact) mass is 316 g/mol. The van der Waals surface area contributed by atoms with Crippen LogP contribution in [0.25, 0.3) is 0 Å².